The van der Waals surface area contributed by atoms with Crippen LogP contribution in [0, 0.1) is 5.41 Å². The fraction of sp³-hybridized carbons (Fsp3) is 0.909. The highest BCUT2D eigenvalue weighted by molar-refractivity contribution is 5.69. The molecular formula is C22H43NO5. The number of carbonyl (C=O) groups excluding carboxylic acids is 2. The Kier molecular flexibility index (Phi) is 15.1. The predicted molar refractivity (Wildman–Crippen MR) is 112 cm³/mol. The molecule has 0 saturated carbocycles. The molecule has 0 saturated heterocycles. The number of aliphatic hydroxyl groups excluding tert-OH is 1. The van der Waals surface area contributed by atoms with Gasteiger partial charge in [-0.2, -0.15) is 0 Å². The molecule has 0 aliphatic carbocycles. The van der Waals surface area contributed by atoms with Gasteiger partial charge in [-0.05, 0) is 64.3 Å². The van der Waals surface area contributed by atoms with Crippen molar-refractivity contribution in [1.82, 2.24) is 4.90 Å². The van der Waals surface area contributed by atoms with E-state index in [0.717, 1.165) is 32.2 Å². The molecule has 0 aliphatic rings. The number of carbonyl (C=O) groups is 2. The van der Waals surface area contributed by atoms with Crippen LogP contribution >= 0.6 is 0 Å². The molecule has 6 nitrogen and oxygen atoms in total. The van der Waals surface area contributed by atoms with Crippen molar-refractivity contribution in [2.75, 3.05) is 32.9 Å². The molecule has 0 atom stereocenters. The van der Waals surface area contributed by atoms with Crippen molar-refractivity contribution < 1.29 is 24.2 Å². The number of ether oxygens (including phenoxy) is 2. The molecular weight excluding hydrogens is 358 g/mol. The lowest BCUT2D eigenvalue weighted by Gasteiger charge is -2.26. The van der Waals surface area contributed by atoms with Crippen LogP contribution in [0.4, 0.5) is 0 Å². The Balaban J connectivity index is 3.73. The van der Waals surface area contributed by atoms with Gasteiger partial charge in [-0.25, -0.2) is 0 Å². The van der Waals surface area contributed by atoms with E-state index in [1.807, 2.05) is 0 Å². The van der Waals surface area contributed by atoms with Crippen molar-refractivity contribution in [1.29, 1.82) is 0 Å². The van der Waals surface area contributed by atoms with E-state index in [-0.39, 0.29) is 24.0 Å². The van der Waals surface area contributed by atoms with Crippen LogP contribution in [0.15, 0.2) is 0 Å². The average molecular weight is 402 g/mol. The van der Waals surface area contributed by atoms with Crippen LogP contribution in [0.1, 0.15) is 86.0 Å². The Bertz CT molecular complexity index is 418. The number of rotatable bonds is 16. The summed E-state index contributed by atoms with van der Waals surface area (Å²) in [6.45, 7) is 13.2. The normalized spacial score (nSPS) is 11.9. The minimum absolute atomic E-state index is 0.137. The molecule has 166 valence electrons. The fourth-order valence-corrected chi connectivity index (χ4v) is 2.66. The molecule has 1 N–H and O–H groups in total. The zero-order chi connectivity index (χ0) is 21.4. The van der Waals surface area contributed by atoms with E-state index in [1.54, 1.807) is 0 Å². The predicted octanol–water partition coefficient (Wildman–Crippen LogP) is 3.94. The van der Waals surface area contributed by atoms with Crippen molar-refractivity contribution in [3.63, 3.8) is 0 Å². The first-order valence-electron chi connectivity index (χ1n) is 10.8. The third-order valence-corrected chi connectivity index (χ3v) is 4.58. The quantitative estimate of drug-likeness (QED) is 0.312. The van der Waals surface area contributed by atoms with Gasteiger partial charge in [0, 0.05) is 25.6 Å². The second-order valence-electron chi connectivity index (χ2n) is 8.87. The first-order valence-corrected chi connectivity index (χ1v) is 10.8. The van der Waals surface area contributed by atoms with E-state index in [2.05, 4.69) is 39.5 Å². The summed E-state index contributed by atoms with van der Waals surface area (Å²) in [7, 11) is 0. The highest BCUT2D eigenvalue weighted by Crippen LogP contribution is 2.20. The van der Waals surface area contributed by atoms with Gasteiger partial charge in [0.1, 0.15) is 0 Å². The highest BCUT2D eigenvalue weighted by Gasteiger charge is 2.14. The number of hydrogen-bond donors (Lipinski definition) is 1. The first-order chi connectivity index (χ1) is 13.2. The molecule has 0 aliphatic heterocycles. The minimum atomic E-state index is -0.178. The molecule has 0 heterocycles. The van der Waals surface area contributed by atoms with E-state index in [9.17, 15) is 9.59 Å². The summed E-state index contributed by atoms with van der Waals surface area (Å²) >= 11 is 0. The van der Waals surface area contributed by atoms with E-state index < -0.39 is 0 Å². The second-order valence-corrected chi connectivity index (χ2v) is 8.87. The maximum Gasteiger partial charge on any atom is 0.307 e. The Hall–Kier alpha value is -1.14. The third kappa shape index (κ3) is 17.0. The molecule has 0 bridgehead atoms. The molecule has 0 rings (SSSR count). The maximum absolute atomic E-state index is 11.9. The Morgan fingerprint density at radius 3 is 1.93 bits per heavy atom. The Labute approximate surface area is 172 Å². The third-order valence-electron chi connectivity index (χ3n) is 4.58. The van der Waals surface area contributed by atoms with Gasteiger partial charge >= 0.3 is 11.9 Å². The molecule has 0 aromatic carbocycles. The SMILES string of the molecule is CC(C)N(CCCCCO)CCC(=O)OCCCCOC(=O)CCC(C)(C)C. The fourth-order valence-electron chi connectivity index (χ4n) is 2.66. The lowest BCUT2D eigenvalue weighted by atomic mass is 9.91. The van der Waals surface area contributed by atoms with Gasteiger partial charge in [-0.1, -0.05) is 20.8 Å². The molecule has 6 heteroatoms. The molecule has 28 heavy (non-hydrogen) atoms. The van der Waals surface area contributed by atoms with Crippen molar-refractivity contribution in [3.8, 4) is 0 Å². The summed E-state index contributed by atoms with van der Waals surface area (Å²) in [5.74, 6) is -0.331. The molecule has 0 unspecified atom stereocenters. The molecule has 0 spiro atoms. The number of nitrogens with zero attached hydrogens (tertiary/aromatic N) is 1. The zero-order valence-corrected chi connectivity index (χ0v) is 18.8. The Morgan fingerprint density at radius 2 is 1.43 bits per heavy atom. The van der Waals surface area contributed by atoms with E-state index in [1.165, 1.54) is 0 Å². The monoisotopic (exact) mass is 401 g/mol. The second kappa shape index (κ2) is 15.7. The summed E-state index contributed by atoms with van der Waals surface area (Å²) in [6.07, 6.45) is 5.93. The summed E-state index contributed by atoms with van der Waals surface area (Å²) in [6, 6.07) is 0.384. The van der Waals surface area contributed by atoms with Crippen LogP contribution in [0.2, 0.25) is 0 Å². The van der Waals surface area contributed by atoms with Crippen LogP contribution in [0.25, 0.3) is 0 Å². The van der Waals surface area contributed by atoms with Crippen molar-refractivity contribution in [2.45, 2.75) is 92.0 Å². The van der Waals surface area contributed by atoms with E-state index in [4.69, 9.17) is 14.6 Å². The smallest absolute Gasteiger partial charge is 0.307 e. The summed E-state index contributed by atoms with van der Waals surface area (Å²) in [4.78, 5) is 25.8. The summed E-state index contributed by atoms with van der Waals surface area (Å²) < 4.78 is 10.5. The van der Waals surface area contributed by atoms with Gasteiger partial charge in [0.15, 0.2) is 0 Å². The lowest BCUT2D eigenvalue weighted by molar-refractivity contribution is -0.146. The van der Waals surface area contributed by atoms with Crippen LogP contribution < -0.4 is 0 Å². The maximum atomic E-state index is 11.9. The minimum Gasteiger partial charge on any atom is -0.466 e. The topological polar surface area (TPSA) is 76.1 Å². The number of aliphatic hydroxyl groups is 1. The van der Waals surface area contributed by atoms with Crippen LogP contribution in [-0.2, 0) is 19.1 Å². The standard InChI is InChI=1S/C22H43NO5/c1-19(2)23(14-7-6-8-16-24)15-12-21(26)28-18-10-9-17-27-20(25)11-13-22(3,4)5/h19,24H,6-18H2,1-5H3. The largest absolute Gasteiger partial charge is 0.466 e. The molecule has 0 aromatic heterocycles. The van der Waals surface area contributed by atoms with Crippen molar-refractivity contribution in [3.05, 3.63) is 0 Å². The van der Waals surface area contributed by atoms with Crippen LogP contribution in [0.5, 0.6) is 0 Å². The molecule has 0 fully saturated rings. The number of unbranched alkanes of at least 4 members (excludes halogenated alkanes) is 3. The van der Waals surface area contributed by atoms with Gasteiger partial charge in [-0.15, -0.1) is 0 Å². The number of hydrogen-bond acceptors (Lipinski definition) is 6. The number of esters is 2. The lowest BCUT2D eigenvalue weighted by Crippen LogP contribution is -2.34. The van der Waals surface area contributed by atoms with Crippen LogP contribution in [0.3, 0.4) is 0 Å². The van der Waals surface area contributed by atoms with Crippen molar-refractivity contribution >= 4 is 11.9 Å². The van der Waals surface area contributed by atoms with Crippen LogP contribution in [-0.4, -0.2) is 60.9 Å². The zero-order valence-electron chi connectivity index (χ0n) is 18.8. The summed E-state index contributed by atoms with van der Waals surface area (Å²) in [5, 5.41) is 8.83. The van der Waals surface area contributed by atoms with E-state index >= 15 is 0 Å². The average Bonchev–Trinajstić information content (AvgIpc) is 2.61. The molecule has 0 amide bonds. The van der Waals surface area contributed by atoms with Gasteiger partial charge < -0.3 is 19.5 Å². The molecule has 0 aromatic rings. The van der Waals surface area contributed by atoms with Gasteiger partial charge in [0.25, 0.3) is 0 Å². The molecule has 0 radical (unpaired) electrons. The Morgan fingerprint density at radius 1 is 0.857 bits per heavy atom. The van der Waals surface area contributed by atoms with E-state index in [0.29, 0.717) is 51.5 Å². The summed E-state index contributed by atoms with van der Waals surface area (Å²) in [5.41, 5.74) is 0.137. The van der Waals surface area contributed by atoms with Gasteiger partial charge in [-0.3, -0.25) is 9.59 Å². The van der Waals surface area contributed by atoms with Gasteiger partial charge in [0.05, 0.1) is 19.6 Å². The van der Waals surface area contributed by atoms with Crippen molar-refractivity contribution in [2.24, 2.45) is 5.41 Å². The first kappa shape index (κ1) is 26.9. The highest BCUT2D eigenvalue weighted by atomic mass is 16.5. The van der Waals surface area contributed by atoms with Gasteiger partial charge in [0.2, 0.25) is 0 Å².